The first-order valence-corrected chi connectivity index (χ1v) is 2.17. The standard InChI is InChI=1S/C4H9NO3/c1-8-3(5)2-4(6)7/h3H,2,5H2,1H3,(H,6,7). The second-order valence-corrected chi connectivity index (χ2v) is 1.37. The summed E-state index contributed by atoms with van der Waals surface area (Å²) >= 11 is 0. The lowest BCUT2D eigenvalue weighted by Gasteiger charge is -2.03. The van der Waals surface area contributed by atoms with Crippen LogP contribution in [-0.4, -0.2) is 24.4 Å². The van der Waals surface area contributed by atoms with Crippen LogP contribution in [-0.2, 0) is 9.53 Å². The highest BCUT2D eigenvalue weighted by Gasteiger charge is 2.03. The fraction of sp³-hybridized carbons (Fsp3) is 0.750. The van der Waals surface area contributed by atoms with Gasteiger partial charge in [-0.1, -0.05) is 0 Å². The molecule has 0 spiro atoms. The number of aliphatic carboxylic acids is 1. The molecule has 0 amide bonds. The number of methoxy groups -OCH3 is 1. The zero-order valence-corrected chi connectivity index (χ0v) is 4.63. The maximum absolute atomic E-state index is 9.81. The molecule has 0 rings (SSSR count). The number of rotatable bonds is 3. The Morgan fingerprint density at radius 2 is 2.50 bits per heavy atom. The van der Waals surface area contributed by atoms with Crippen LogP contribution in [0.15, 0.2) is 0 Å². The van der Waals surface area contributed by atoms with Crippen LogP contribution in [0, 0.1) is 0 Å². The van der Waals surface area contributed by atoms with Crippen LogP contribution in [0.2, 0.25) is 0 Å². The van der Waals surface area contributed by atoms with Gasteiger partial charge in [-0.15, -0.1) is 0 Å². The molecular formula is C4H9NO3. The van der Waals surface area contributed by atoms with Crippen molar-refractivity contribution in [3.05, 3.63) is 0 Å². The highest BCUT2D eigenvalue weighted by Crippen LogP contribution is 1.85. The third-order valence-corrected chi connectivity index (χ3v) is 0.679. The number of carboxylic acids is 1. The van der Waals surface area contributed by atoms with Crippen LogP contribution in [0.4, 0.5) is 0 Å². The molecule has 0 aliphatic rings. The second kappa shape index (κ2) is 3.40. The van der Waals surface area contributed by atoms with Gasteiger partial charge in [-0.3, -0.25) is 4.79 Å². The van der Waals surface area contributed by atoms with E-state index in [0.29, 0.717) is 0 Å². The van der Waals surface area contributed by atoms with Gasteiger partial charge in [0.2, 0.25) is 0 Å². The average Bonchev–Trinajstić information content (AvgIpc) is 1.65. The highest BCUT2D eigenvalue weighted by atomic mass is 16.5. The minimum atomic E-state index is -0.945. The van der Waals surface area contributed by atoms with Crippen molar-refractivity contribution in [1.82, 2.24) is 0 Å². The molecule has 0 heterocycles. The van der Waals surface area contributed by atoms with Crippen molar-refractivity contribution in [2.24, 2.45) is 5.73 Å². The first-order chi connectivity index (χ1) is 3.66. The Labute approximate surface area is 47.2 Å². The van der Waals surface area contributed by atoms with Gasteiger partial charge < -0.3 is 15.6 Å². The van der Waals surface area contributed by atoms with Crippen molar-refractivity contribution in [2.75, 3.05) is 7.11 Å². The number of carbonyl (C=O) groups is 1. The summed E-state index contributed by atoms with van der Waals surface area (Å²) in [6.45, 7) is 0. The molecule has 4 heteroatoms. The Kier molecular flexibility index (Phi) is 3.14. The van der Waals surface area contributed by atoms with Gasteiger partial charge in [0.05, 0.1) is 6.42 Å². The zero-order valence-electron chi connectivity index (χ0n) is 4.63. The molecule has 0 radical (unpaired) electrons. The SMILES string of the molecule is COC(N)CC(=O)O. The summed E-state index contributed by atoms with van der Waals surface area (Å²) in [4.78, 5) is 9.81. The number of hydrogen-bond acceptors (Lipinski definition) is 3. The van der Waals surface area contributed by atoms with Crippen LogP contribution in [0.25, 0.3) is 0 Å². The molecule has 8 heavy (non-hydrogen) atoms. The van der Waals surface area contributed by atoms with Crippen molar-refractivity contribution >= 4 is 5.97 Å². The third-order valence-electron chi connectivity index (χ3n) is 0.679. The van der Waals surface area contributed by atoms with Crippen LogP contribution < -0.4 is 5.73 Å². The van der Waals surface area contributed by atoms with E-state index < -0.39 is 12.2 Å². The molecule has 0 aromatic heterocycles. The lowest BCUT2D eigenvalue weighted by molar-refractivity contribution is -0.139. The Hall–Kier alpha value is -0.610. The van der Waals surface area contributed by atoms with E-state index in [0.717, 1.165) is 0 Å². The summed E-state index contributed by atoms with van der Waals surface area (Å²) in [6, 6.07) is 0. The summed E-state index contributed by atoms with van der Waals surface area (Å²) in [7, 11) is 1.37. The van der Waals surface area contributed by atoms with Crippen molar-refractivity contribution < 1.29 is 14.6 Å². The number of ether oxygens (including phenoxy) is 1. The van der Waals surface area contributed by atoms with E-state index in [9.17, 15) is 4.79 Å². The quantitative estimate of drug-likeness (QED) is 0.486. The molecule has 0 aromatic rings. The molecule has 0 bridgehead atoms. The van der Waals surface area contributed by atoms with Gasteiger partial charge in [-0.25, -0.2) is 0 Å². The van der Waals surface area contributed by atoms with E-state index in [4.69, 9.17) is 10.8 Å². The van der Waals surface area contributed by atoms with Crippen molar-refractivity contribution in [2.45, 2.75) is 12.6 Å². The first kappa shape index (κ1) is 7.39. The predicted octanol–water partition coefficient (Wildman–Crippen LogP) is -0.608. The van der Waals surface area contributed by atoms with Gasteiger partial charge in [0.25, 0.3) is 0 Å². The fourth-order valence-electron chi connectivity index (χ4n) is 0.255. The molecule has 0 saturated heterocycles. The number of nitrogens with two attached hydrogens (primary N) is 1. The summed E-state index contributed by atoms with van der Waals surface area (Å²) < 4.78 is 4.46. The smallest absolute Gasteiger partial charge is 0.307 e. The Morgan fingerprint density at radius 1 is 2.00 bits per heavy atom. The van der Waals surface area contributed by atoms with Gasteiger partial charge >= 0.3 is 5.97 Å². The Balaban J connectivity index is 3.24. The van der Waals surface area contributed by atoms with E-state index >= 15 is 0 Å². The average molecular weight is 119 g/mol. The van der Waals surface area contributed by atoms with E-state index in [-0.39, 0.29) is 6.42 Å². The highest BCUT2D eigenvalue weighted by molar-refractivity contribution is 5.67. The fourth-order valence-corrected chi connectivity index (χ4v) is 0.255. The minimum Gasteiger partial charge on any atom is -0.481 e. The van der Waals surface area contributed by atoms with Crippen LogP contribution in [0.3, 0.4) is 0 Å². The van der Waals surface area contributed by atoms with E-state index in [1.165, 1.54) is 7.11 Å². The van der Waals surface area contributed by atoms with Crippen LogP contribution in [0.1, 0.15) is 6.42 Å². The predicted molar refractivity (Wildman–Crippen MR) is 27.2 cm³/mol. The molecule has 0 aromatic carbocycles. The minimum absolute atomic E-state index is 0.142. The van der Waals surface area contributed by atoms with Crippen molar-refractivity contribution in [1.29, 1.82) is 0 Å². The number of carboxylic acid groups (broad SMARTS) is 1. The summed E-state index contributed by atoms with van der Waals surface area (Å²) in [5.74, 6) is -0.945. The molecule has 1 unspecified atom stereocenters. The molecule has 0 aliphatic carbocycles. The largest absolute Gasteiger partial charge is 0.481 e. The zero-order chi connectivity index (χ0) is 6.57. The summed E-state index contributed by atoms with van der Waals surface area (Å²) in [5, 5.41) is 8.06. The summed E-state index contributed by atoms with van der Waals surface area (Å²) in [6.07, 6.45) is -0.816. The lowest BCUT2D eigenvalue weighted by Crippen LogP contribution is -2.25. The van der Waals surface area contributed by atoms with Gasteiger partial charge in [0.1, 0.15) is 6.23 Å². The summed E-state index contributed by atoms with van der Waals surface area (Å²) in [5.41, 5.74) is 5.07. The Bertz CT molecular complexity index is 83.4. The molecule has 0 fully saturated rings. The second-order valence-electron chi connectivity index (χ2n) is 1.37. The van der Waals surface area contributed by atoms with E-state index in [1.807, 2.05) is 0 Å². The van der Waals surface area contributed by atoms with Crippen molar-refractivity contribution in [3.63, 3.8) is 0 Å². The molecule has 3 N–H and O–H groups in total. The van der Waals surface area contributed by atoms with Crippen LogP contribution >= 0.6 is 0 Å². The molecule has 48 valence electrons. The lowest BCUT2D eigenvalue weighted by atomic mass is 10.4. The van der Waals surface area contributed by atoms with Gasteiger partial charge in [-0.05, 0) is 0 Å². The van der Waals surface area contributed by atoms with Gasteiger partial charge in [-0.2, -0.15) is 0 Å². The Morgan fingerprint density at radius 3 is 2.62 bits per heavy atom. The maximum atomic E-state index is 9.81. The van der Waals surface area contributed by atoms with Crippen molar-refractivity contribution in [3.8, 4) is 0 Å². The van der Waals surface area contributed by atoms with Gasteiger partial charge in [0, 0.05) is 7.11 Å². The first-order valence-electron chi connectivity index (χ1n) is 2.17. The monoisotopic (exact) mass is 119 g/mol. The molecule has 1 atom stereocenters. The third kappa shape index (κ3) is 3.58. The molecule has 0 aliphatic heterocycles. The molecule has 0 saturated carbocycles. The maximum Gasteiger partial charge on any atom is 0.307 e. The molecule has 4 nitrogen and oxygen atoms in total. The van der Waals surface area contributed by atoms with Crippen LogP contribution in [0.5, 0.6) is 0 Å². The van der Waals surface area contributed by atoms with E-state index in [2.05, 4.69) is 4.74 Å². The topological polar surface area (TPSA) is 72.5 Å². The normalized spacial score (nSPS) is 13.2. The number of hydrogen-bond donors (Lipinski definition) is 2. The molecular weight excluding hydrogens is 110 g/mol. The van der Waals surface area contributed by atoms with E-state index in [1.54, 1.807) is 0 Å². The van der Waals surface area contributed by atoms with Gasteiger partial charge in [0.15, 0.2) is 0 Å².